The quantitative estimate of drug-likeness (QED) is 0.782. The van der Waals surface area contributed by atoms with Crippen LogP contribution in [-0.2, 0) is 5.41 Å². The van der Waals surface area contributed by atoms with Gasteiger partial charge in [0.25, 0.3) is 0 Å². The van der Waals surface area contributed by atoms with E-state index in [4.69, 9.17) is 0 Å². The first-order chi connectivity index (χ1) is 9.29. The lowest BCUT2D eigenvalue weighted by Crippen LogP contribution is -2.42. The van der Waals surface area contributed by atoms with E-state index in [1.54, 1.807) is 23.8 Å². The Kier molecular flexibility index (Phi) is 3.71. The summed E-state index contributed by atoms with van der Waals surface area (Å²) in [6.07, 6.45) is 3.43. The van der Waals surface area contributed by atoms with Crippen molar-refractivity contribution < 1.29 is 10.2 Å². The molecule has 2 aromatic heterocycles. The SMILES string of the molecule is CC(CO)(CO)Nc1nccn2nc(C(C)(C)C)cc12. The Balaban J connectivity index is 2.47. The fourth-order valence-corrected chi connectivity index (χ4v) is 1.80. The molecule has 0 saturated carbocycles. The number of nitrogens with one attached hydrogen (secondary N) is 1. The fourth-order valence-electron chi connectivity index (χ4n) is 1.80. The monoisotopic (exact) mass is 278 g/mol. The Hall–Kier alpha value is -1.66. The number of aromatic nitrogens is 3. The van der Waals surface area contributed by atoms with Gasteiger partial charge in [0.15, 0.2) is 5.82 Å². The van der Waals surface area contributed by atoms with Crippen molar-refractivity contribution in [1.29, 1.82) is 0 Å². The topological polar surface area (TPSA) is 82.7 Å². The standard InChI is InChI=1S/C14H22N4O2/c1-13(2,3)11-7-10-12(15-5-6-18(10)17-11)16-14(4,8-19)9-20/h5-7,19-20H,8-9H2,1-4H3,(H,15,16). The van der Waals surface area contributed by atoms with Crippen molar-refractivity contribution in [2.24, 2.45) is 0 Å². The minimum atomic E-state index is -0.818. The number of fused-ring (bicyclic) bond motifs is 1. The van der Waals surface area contributed by atoms with Gasteiger partial charge in [0, 0.05) is 17.8 Å². The molecule has 0 atom stereocenters. The second-order valence-electron chi connectivity index (χ2n) is 6.39. The molecule has 6 heteroatoms. The summed E-state index contributed by atoms with van der Waals surface area (Å²) in [4.78, 5) is 4.29. The molecule has 0 fully saturated rings. The Morgan fingerprint density at radius 1 is 1.20 bits per heavy atom. The highest BCUT2D eigenvalue weighted by molar-refractivity contribution is 5.69. The van der Waals surface area contributed by atoms with E-state index in [-0.39, 0.29) is 18.6 Å². The summed E-state index contributed by atoms with van der Waals surface area (Å²) < 4.78 is 1.76. The number of aliphatic hydroxyl groups is 2. The molecule has 3 N–H and O–H groups in total. The van der Waals surface area contributed by atoms with E-state index < -0.39 is 5.54 Å². The fraction of sp³-hybridized carbons (Fsp3) is 0.571. The van der Waals surface area contributed by atoms with Crippen LogP contribution in [0.15, 0.2) is 18.5 Å². The first-order valence-electron chi connectivity index (χ1n) is 6.64. The third-order valence-corrected chi connectivity index (χ3v) is 3.28. The van der Waals surface area contributed by atoms with Crippen LogP contribution in [0, 0.1) is 0 Å². The Morgan fingerprint density at radius 2 is 1.85 bits per heavy atom. The summed E-state index contributed by atoms with van der Waals surface area (Å²) in [6.45, 7) is 7.65. The number of anilines is 1. The molecule has 0 radical (unpaired) electrons. The predicted molar refractivity (Wildman–Crippen MR) is 77.9 cm³/mol. The van der Waals surface area contributed by atoms with Crippen LogP contribution in [0.3, 0.4) is 0 Å². The molecule has 110 valence electrons. The van der Waals surface area contributed by atoms with Crippen LogP contribution < -0.4 is 5.32 Å². The van der Waals surface area contributed by atoms with Crippen LogP contribution in [0.4, 0.5) is 5.82 Å². The number of nitrogens with zero attached hydrogens (tertiary/aromatic N) is 3. The summed E-state index contributed by atoms with van der Waals surface area (Å²) in [5, 5.41) is 26.4. The van der Waals surface area contributed by atoms with Crippen molar-refractivity contribution in [3.05, 3.63) is 24.2 Å². The average Bonchev–Trinajstić information content (AvgIpc) is 2.83. The zero-order valence-electron chi connectivity index (χ0n) is 12.4. The zero-order valence-corrected chi connectivity index (χ0v) is 12.4. The van der Waals surface area contributed by atoms with Crippen LogP contribution >= 0.6 is 0 Å². The Labute approximate surface area is 118 Å². The van der Waals surface area contributed by atoms with Gasteiger partial charge in [0.1, 0.15) is 5.52 Å². The predicted octanol–water partition coefficient (Wildman–Crippen LogP) is 1.18. The lowest BCUT2D eigenvalue weighted by molar-refractivity contribution is 0.147. The molecule has 0 aliphatic carbocycles. The van der Waals surface area contributed by atoms with E-state index in [0.717, 1.165) is 11.2 Å². The lowest BCUT2D eigenvalue weighted by atomic mass is 9.92. The molecule has 0 aromatic carbocycles. The van der Waals surface area contributed by atoms with Crippen molar-refractivity contribution >= 4 is 11.3 Å². The first-order valence-corrected chi connectivity index (χ1v) is 6.64. The number of hydrogen-bond donors (Lipinski definition) is 3. The molecule has 2 heterocycles. The summed E-state index contributed by atoms with van der Waals surface area (Å²) >= 11 is 0. The molecular formula is C14H22N4O2. The Bertz CT molecular complexity index is 597. The van der Waals surface area contributed by atoms with Crippen LogP contribution in [-0.4, -0.2) is 43.6 Å². The molecule has 20 heavy (non-hydrogen) atoms. The van der Waals surface area contributed by atoms with E-state index in [9.17, 15) is 10.2 Å². The highest BCUT2D eigenvalue weighted by Gasteiger charge is 2.25. The van der Waals surface area contributed by atoms with Gasteiger partial charge in [-0.25, -0.2) is 9.50 Å². The lowest BCUT2D eigenvalue weighted by Gasteiger charge is -2.26. The van der Waals surface area contributed by atoms with Gasteiger partial charge in [0.05, 0.1) is 24.4 Å². The largest absolute Gasteiger partial charge is 0.394 e. The van der Waals surface area contributed by atoms with Crippen molar-refractivity contribution in [3.8, 4) is 0 Å². The molecule has 0 spiro atoms. The summed E-state index contributed by atoms with van der Waals surface area (Å²) in [5.41, 5.74) is 0.912. The van der Waals surface area contributed by atoms with Gasteiger partial charge in [-0.1, -0.05) is 20.8 Å². The average molecular weight is 278 g/mol. The number of hydrogen-bond acceptors (Lipinski definition) is 5. The van der Waals surface area contributed by atoms with E-state index >= 15 is 0 Å². The van der Waals surface area contributed by atoms with Crippen LogP contribution in [0.25, 0.3) is 5.52 Å². The third-order valence-electron chi connectivity index (χ3n) is 3.28. The van der Waals surface area contributed by atoms with Gasteiger partial charge in [0.2, 0.25) is 0 Å². The van der Waals surface area contributed by atoms with Gasteiger partial charge < -0.3 is 15.5 Å². The first kappa shape index (κ1) is 14.7. The van der Waals surface area contributed by atoms with Gasteiger partial charge in [-0.2, -0.15) is 5.10 Å². The second-order valence-corrected chi connectivity index (χ2v) is 6.39. The Morgan fingerprint density at radius 3 is 2.40 bits per heavy atom. The van der Waals surface area contributed by atoms with Crippen molar-refractivity contribution in [2.45, 2.75) is 38.6 Å². The molecule has 0 aliphatic heterocycles. The van der Waals surface area contributed by atoms with E-state index in [0.29, 0.717) is 5.82 Å². The molecular weight excluding hydrogens is 256 g/mol. The maximum absolute atomic E-state index is 9.38. The second kappa shape index (κ2) is 5.03. The number of aliphatic hydroxyl groups excluding tert-OH is 2. The van der Waals surface area contributed by atoms with E-state index in [1.807, 2.05) is 6.07 Å². The van der Waals surface area contributed by atoms with E-state index in [2.05, 4.69) is 36.2 Å². The summed E-state index contributed by atoms with van der Waals surface area (Å²) in [5.74, 6) is 0.598. The normalized spacial score (nSPS) is 12.9. The van der Waals surface area contributed by atoms with Crippen LogP contribution in [0.5, 0.6) is 0 Å². The smallest absolute Gasteiger partial charge is 0.152 e. The minimum absolute atomic E-state index is 0.0550. The van der Waals surface area contributed by atoms with Gasteiger partial charge >= 0.3 is 0 Å². The van der Waals surface area contributed by atoms with Gasteiger partial charge in [-0.3, -0.25) is 0 Å². The number of rotatable bonds is 4. The molecule has 0 amide bonds. The van der Waals surface area contributed by atoms with Crippen LogP contribution in [0.2, 0.25) is 0 Å². The van der Waals surface area contributed by atoms with Gasteiger partial charge in [-0.15, -0.1) is 0 Å². The van der Waals surface area contributed by atoms with Crippen molar-refractivity contribution in [2.75, 3.05) is 18.5 Å². The maximum Gasteiger partial charge on any atom is 0.152 e. The summed E-state index contributed by atoms with van der Waals surface area (Å²) in [7, 11) is 0. The zero-order chi connectivity index (χ0) is 15.0. The molecule has 0 bridgehead atoms. The molecule has 2 rings (SSSR count). The molecule has 2 aromatic rings. The van der Waals surface area contributed by atoms with Crippen molar-refractivity contribution in [1.82, 2.24) is 14.6 Å². The van der Waals surface area contributed by atoms with Gasteiger partial charge in [-0.05, 0) is 13.0 Å². The van der Waals surface area contributed by atoms with Crippen LogP contribution in [0.1, 0.15) is 33.4 Å². The molecule has 0 saturated heterocycles. The highest BCUT2D eigenvalue weighted by atomic mass is 16.3. The third kappa shape index (κ3) is 2.76. The molecule has 0 unspecified atom stereocenters. The molecule has 6 nitrogen and oxygen atoms in total. The van der Waals surface area contributed by atoms with Crippen molar-refractivity contribution in [3.63, 3.8) is 0 Å². The molecule has 0 aliphatic rings. The maximum atomic E-state index is 9.38. The highest BCUT2D eigenvalue weighted by Crippen LogP contribution is 2.25. The minimum Gasteiger partial charge on any atom is -0.394 e. The summed E-state index contributed by atoms with van der Waals surface area (Å²) in [6, 6.07) is 1.98. The van der Waals surface area contributed by atoms with E-state index in [1.165, 1.54) is 0 Å².